The summed E-state index contributed by atoms with van der Waals surface area (Å²) in [5, 5.41) is -4.09. The van der Waals surface area contributed by atoms with Gasteiger partial charge in [0.15, 0.2) is 0 Å². The van der Waals surface area contributed by atoms with Crippen LogP contribution in [0.1, 0.15) is 0 Å². The molecule has 0 saturated heterocycles. The van der Waals surface area contributed by atoms with Crippen molar-refractivity contribution in [2.75, 3.05) is 0 Å². The molecule has 0 aromatic carbocycles. The van der Waals surface area contributed by atoms with Crippen molar-refractivity contribution in [3.8, 4) is 0 Å². The maximum absolute atomic E-state index is 11.9. The summed E-state index contributed by atoms with van der Waals surface area (Å²) >= 11 is 1.97. The van der Waals surface area contributed by atoms with E-state index in [1.807, 2.05) is 0 Å². The molecule has 0 saturated carbocycles. The Morgan fingerprint density at radius 3 is 1.82 bits per heavy atom. The van der Waals surface area contributed by atoms with E-state index < -0.39 is 23.2 Å². The highest BCUT2D eigenvalue weighted by Gasteiger charge is 2.57. The SMILES string of the molecule is FC(F)(F)C(F)(F)S/C=C/Br. The lowest BCUT2D eigenvalue weighted by Crippen LogP contribution is -2.32. The molecule has 7 heteroatoms. The van der Waals surface area contributed by atoms with Crippen LogP contribution in [0.5, 0.6) is 0 Å². The molecule has 0 nitrogen and oxygen atoms in total. The van der Waals surface area contributed by atoms with Crippen LogP contribution >= 0.6 is 27.7 Å². The van der Waals surface area contributed by atoms with Crippen LogP contribution in [0.15, 0.2) is 10.4 Å². The first kappa shape index (κ1) is 11.2. The van der Waals surface area contributed by atoms with Crippen molar-refractivity contribution < 1.29 is 22.0 Å². The molecular formula is C4H2BrF5S. The topological polar surface area (TPSA) is 0 Å². The molecule has 0 bridgehead atoms. The second-order valence-electron chi connectivity index (χ2n) is 1.39. The Bertz CT molecular complexity index is 151. The van der Waals surface area contributed by atoms with Crippen LogP contribution < -0.4 is 0 Å². The van der Waals surface area contributed by atoms with Crippen molar-refractivity contribution in [2.24, 2.45) is 0 Å². The van der Waals surface area contributed by atoms with Gasteiger partial charge in [0.25, 0.3) is 0 Å². The van der Waals surface area contributed by atoms with Crippen molar-refractivity contribution in [3.05, 3.63) is 10.4 Å². The Morgan fingerprint density at radius 2 is 1.55 bits per heavy atom. The number of alkyl halides is 5. The second-order valence-corrected chi connectivity index (χ2v) is 2.94. The molecule has 0 fully saturated rings. The van der Waals surface area contributed by atoms with Gasteiger partial charge in [-0.2, -0.15) is 22.0 Å². The number of hydrogen-bond donors (Lipinski definition) is 0. The smallest absolute Gasteiger partial charge is 0.183 e. The van der Waals surface area contributed by atoms with Crippen LogP contribution in [0, 0.1) is 0 Å². The summed E-state index contributed by atoms with van der Waals surface area (Å²) in [6, 6.07) is 0. The van der Waals surface area contributed by atoms with Crippen LogP contribution in [0.4, 0.5) is 22.0 Å². The van der Waals surface area contributed by atoms with Gasteiger partial charge in [-0.15, -0.1) is 0 Å². The molecule has 0 atom stereocenters. The fourth-order valence-corrected chi connectivity index (χ4v) is 0.858. The van der Waals surface area contributed by atoms with Crippen molar-refractivity contribution in [1.29, 1.82) is 0 Å². The van der Waals surface area contributed by atoms with Crippen LogP contribution in [0.25, 0.3) is 0 Å². The Morgan fingerprint density at radius 1 is 1.09 bits per heavy atom. The largest absolute Gasteiger partial charge is 0.464 e. The van der Waals surface area contributed by atoms with Gasteiger partial charge in [-0.1, -0.05) is 15.9 Å². The molecule has 0 aliphatic rings. The number of halogens is 6. The predicted molar refractivity (Wildman–Crippen MR) is 36.7 cm³/mol. The van der Waals surface area contributed by atoms with Gasteiger partial charge in [-0.05, 0) is 22.2 Å². The van der Waals surface area contributed by atoms with Gasteiger partial charge in [0, 0.05) is 0 Å². The van der Waals surface area contributed by atoms with E-state index in [2.05, 4.69) is 15.9 Å². The first-order valence-electron chi connectivity index (χ1n) is 2.19. The summed E-state index contributed by atoms with van der Waals surface area (Å²) in [5.41, 5.74) is 0. The highest BCUT2D eigenvalue weighted by atomic mass is 79.9. The first-order chi connectivity index (χ1) is 4.81. The molecule has 0 N–H and O–H groups in total. The average molecular weight is 257 g/mol. The zero-order valence-electron chi connectivity index (χ0n) is 4.83. The fourth-order valence-electron chi connectivity index (χ4n) is 0.178. The molecule has 0 spiro atoms. The van der Waals surface area contributed by atoms with Gasteiger partial charge in [-0.25, -0.2) is 0 Å². The standard InChI is InChI=1S/C4H2BrF5S/c5-1-2-11-4(9,10)3(6,7)8/h1-2H/b2-1+. The highest BCUT2D eigenvalue weighted by Crippen LogP contribution is 2.44. The molecule has 0 aliphatic heterocycles. The minimum Gasteiger partial charge on any atom is -0.183 e. The fraction of sp³-hybridized carbons (Fsp3) is 0.500. The zero-order valence-corrected chi connectivity index (χ0v) is 7.23. The molecule has 66 valence electrons. The molecule has 0 amide bonds. The van der Waals surface area contributed by atoms with Gasteiger partial charge in [0.2, 0.25) is 0 Å². The third kappa shape index (κ3) is 3.42. The summed E-state index contributed by atoms with van der Waals surface area (Å²) in [4.78, 5) is 0.928. The Labute approximate surface area is 72.0 Å². The molecule has 0 unspecified atom stereocenters. The third-order valence-corrected chi connectivity index (χ3v) is 2.01. The van der Waals surface area contributed by atoms with Gasteiger partial charge in [0.1, 0.15) is 0 Å². The predicted octanol–water partition coefficient (Wildman–Crippen LogP) is 3.74. The highest BCUT2D eigenvalue weighted by molar-refractivity contribution is 9.11. The number of hydrogen-bond acceptors (Lipinski definition) is 1. The minimum absolute atomic E-state index is 0.600. The second kappa shape index (κ2) is 3.75. The molecule has 0 heterocycles. The van der Waals surface area contributed by atoms with Gasteiger partial charge in [0.05, 0.1) is 0 Å². The number of thioether (sulfide) groups is 1. The van der Waals surface area contributed by atoms with E-state index in [1.165, 1.54) is 0 Å². The lowest BCUT2D eigenvalue weighted by Gasteiger charge is -2.16. The van der Waals surface area contributed by atoms with Crippen molar-refractivity contribution in [1.82, 2.24) is 0 Å². The van der Waals surface area contributed by atoms with Gasteiger partial charge >= 0.3 is 11.4 Å². The maximum atomic E-state index is 11.9. The first-order valence-corrected chi connectivity index (χ1v) is 3.98. The Kier molecular flexibility index (Phi) is 3.83. The minimum atomic E-state index is -5.50. The molecule has 0 rings (SSSR count). The summed E-state index contributed by atoms with van der Waals surface area (Å²) in [7, 11) is 0. The van der Waals surface area contributed by atoms with E-state index in [9.17, 15) is 22.0 Å². The van der Waals surface area contributed by atoms with E-state index in [4.69, 9.17) is 0 Å². The Hall–Kier alpha value is 0.220. The summed E-state index contributed by atoms with van der Waals surface area (Å²) in [6.45, 7) is 0. The van der Waals surface area contributed by atoms with Crippen molar-refractivity contribution in [3.63, 3.8) is 0 Å². The lowest BCUT2D eigenvalue weighted by molar-refractivity contribution is -0.237. The van der Waals surface area contributed by atoms with E-state index in [0.717, 1.165) is 4.99 Å². The van der Waals surface area contributed by atoms with Crippen LogP contribution in [0.3, 0.4) is 0 Å². The third-order valence-electron chi connectivity index (χ3n) is 0.598. The molecule has 0 aliphatic carbocycles. The summed E-state index contributed by atoms with van der Waals surface area (Å²) in [6.07, 6.45) is -5.50. The maximum Gasteiger partial charge on any atom is 0.464 e. The zero-order chi connectivity index (χ0) is 9.12. The molecule has 11 heavy (non-hydrogen) atoms. The van der Waals surface area contributed by atoms with Gasteiger partial charge in [-0.3, -0.25) is 0 Å². The molecular weight excluding hydrogens is 255 g/mol. The molecule has 0 aromatic heterocycles. The van der Waals surface area contributed by atoms with Crippen molar-refractivity contribution in [2.45, 2.75) is 11.4 Å². The monoisotopic (exact) mass is 256 g/mol. The van der Waals surface area contributed by atoms with E-state index in [0.29, 0.717) is 5.41 Å². The van der Waals surface area contributed by atoms with Crippen LogP contribution in [-0.4, -0.2) is 11.4 Å². The number of rotatable bonds is 2. The summed E-state index contributed by atoms with van der Waals surface area (Å²) < 4.78 is 57.8. The van der Waals surface area contributed by atoms with E-state index >= 15 is 0 Å². The molecule has 0 aromatic rings. The quantitative estimate of drug-likeness (QED) is 0.679. The van der Waals surface area contributed by atoms with E-state index in [1.54, 1.807) is 0 Å². The van der Waals surface area contributed by atoms with Gasteiger partial charge < -0.3 is 0 Å². The lowest BCUT2D eigenvalue weighted by atomic mass is 10.7. The summed E-state index contributed by atoms with van der Waals surface area (Å²) in [5.74, 6) is 0. The van der Waals surface area contributed by atoms with Crippen LogP contribution in [0.2, 0.25) is 0 Å². The average Bonchev–Trinajstić information content (AvgIpc) is 1.81. The van der Waals surface area contributed by atoms with Crippen LogP contribution in [-0.2, 0) is 0 Å². The van der Waals surface area contributed by atoms with E-state index in [-0.39, 0.29) is 0 Å². The van der Waals surface area contributed by atoms with Crippen molar-refractivity contribution >= 4 is 27.7 Å². The normalized spacial score (nSPS) is 14.4. The molecule has 0 radical (unpaired) electrons. The Balaban J connectivity index is 4.22.